The molecule has 2 nitrogen and oxygen atoms in total. The van der Waals surface area contributed by atoms with Crippen LogP contribution < -0.4 is 0 Å². The number of hydrogen-bond acceptors (Lipinski definition) is 2. The van der Waals surface area contributed by atoms with Crippen LogP contribution in [-0.4, -0.2) is 17.2 Å². The number of pyridine rings is 1. The number of aromatic nitrogens is 1. The molecule has 0 amide bonds. The number of epoxide rings is 1. The van der Waals surface area contributed by atoms with E-state index in [1.807, 2.05) is 12.4 Å². The summed E-state index contributed by atoms with van der Waals surface area (Å²) < 4.78 is 5.58. The van der Waals surface area contributed by atoms with Gasteiger partial charge in [0.25, 0.3) is 0 Å². The van der Waals surface area contributed by atoms with Gasteiger partial charge in [-0.1, -0.05) is 13.8 Å². The van der Waals surface area contributed by atoms with Gasteiger partial charge in [-0.15, -0.1) is 0 Å². The van der Waals surface area contributed by atoms with Gasteiger partial charge in [0.05, 0.1) is 12.2 Å². The van der Waals surface area contributed by atoms with Crippen LogP contribution in [0.4, 0.5) is 0 Å². The summed E-state index contributed by atoms with van der Waals surface area (Å²) in [6.07, 6.45) is 6.97. The monoisotopic (exact) mass is 191 g/mol. The zero-order valence-corrected chi connectivity index (χ0v) is 8.81. The van der Waals surface area contributed by atoms with Crippen molar-refractivity contribution in [2.45, 2.75) is 38.9 Å². The lowest BCUT2D eigenvalue weighted by atomic mass is 9.96. The summed E-state index contributed by atoms with van der Waals surface area (Å²) in [5, 5.41) is 0. The van der Waals surface area contributed by atoms with Gasteiger partial charge in [0.2, 0.25) is 0 Å². The number of nitrogens with zero attached hydrogens (tertiary/aromatic N) is 1. The van der Waals surface area contributed by atoms with Crippen molar-refractivity contribution in [3.63, 3.8) is 0 Å². The van der Waals surface area contributed by atoms with Crippen molar-refractivity contribution in [2.75, 3.05) is 0 Å². The number of hydrogen-bond donors (Lipinski definition) is 0. The van der Waals surface area contributed by atoms with Crippen molar-refractivity contribution in [1.82, 2.24) is 4.98 Å². The van der Waals surface area contributed by atoms with E-state index in [-0.39, 0.29) is 0 Å². The Hall–Kier alpha value is -0.890. The molecule has 0 aromatic carbocycles. The quantitative estimate of drug-likeness (QED) is 0.683. The van der Waals surface area contributed by atoms with Crippen LogP contribution in [0.2, 0.25) is 0 Å². The first-order chi connectivity index (χ1) is 6.81. The Balaban J connectivity index is 1.87. The van der Waals surface area contributed by atoms with Crippen molar-refractivity contribution in [3.05, 3.63) is 30.1 Å². The summed E-state index contributed by atoms with van der Waals surface area (Å²) in [4.78, 5) is 4.01. The fourth-order valence-electron chi connectivity index (χ4n) is 1.99. The first kappa shape index (κ1) is 9.66. The molecule has 1 aromatic heterocycles. The third-order valence-corrected chi connectivity index (χ3v) is 2.89. The number of rotatable bonds is 4. The van der Waals surface area contributed by atoms with Gasteiger partial charge in [0, 0.05) is 12.4 Å². The largest absolute Gasteiger partial charge is 0.369 e. The SMILES string of the molecule is CCC1OC1C(C)Cc1ccncc1. The Bertz CT molecular complexity index is 286. The fraction of sp³-hybridized carbons (Fsp3) is 0.583. The third kappa shape index (κ3) is 2.13. The highest BCUT2D eigenvalue weighted by Crippen LogP contribution is 2.33. The molecule has 3 unspecified atom stereocenters. The van der Waals surface area contributed by atoms with Gasteiger partial charge < -0.3 is 4.74 Å². The molecule has 1 fully saturated rings. The molecule has 2 heteroatoms. The van der Waals surface area contributed by atoms with Gasteiger partial charge in [-0.25, -0.2) is 0 Å². The number of ether oxygens (including phenoxy) is 1. The molecule has 14 heavy (non-hydrogen) atoms. The molecular formula is C12H17NO. The first-order valence-corrected chi connectivity index (χ1v) is 5.35. The van der Waals surface area contributed by atoms with E-state index in [1.54, 1.807) is 0 Å². The standard InChI is InChI=1S/C12H17NO/c1-3-11-12(14-11)9(2)8-10-4-6-13-7-5-10/h4-7,9,11-12H,3,8H2,1-2H3. The first-order valence-electron chi connectivity index (χ1n) is 5.35. The van der Waals surface area contributed by atoms with E-state index < -0.39 is 0 Å². The molecule has 3 atom stereocenters. The Morgan fingerprint density at radius 3 is 2.71 bits per heavy atom. The summed E-state index contributed by atoms with van der Waals surface area (Å²) in [6, 6.07) is 4.17. The second-order valence-electron chi connectivity index (χ2n) is 4.08. The lowest BCUT2D eigenvalue weighted by Crippen LogP contribution is -2.09. The molecule has 0 N–H and O–H groups in total. The molecule has 0 aliphatic carbocycles. The Kier molecular flexibility index (Phi) is 2.82. The average Bonchev–Trinajstić information content (AvgIpc) is 2.98. The maximum absolute atomic E-state index is 5.58. The van der Waals surface area contributed by atoms with Gasteiger partial charge in [-0.2, -0.15) is 0 Å². The summed E-state index contributed by atoms with van der Waals surface area (Å²) in [6.45, 7) is 4.45. The predicted octanol–water partition coefficient (Wildman–Crippen LogP) is 2.44. The van der Waals surface area contributed by atoms with Crippen molar-refractivity contribution in [2.24, 2.45) is 5.92 Å². The molecule has 0 spiro atoms. The minimum absolute atomic E-state index is 0.494. The average molecular weight is 191 g/mol. The van der Waals surface area contributed by atoms with Crippen LogP contribution in [0.5, 0.6) is 0 Å². The summed E-state index contributed by atoms with van der Waals surface area (Å²) in [5.74, 6) is 0.627. The third-order valence-electron chi connectivity index (χ3n) is 2.89. The minimum Gasteiger partial charge on any atom is -0.369 e. The van der Waals surface area contributed by atoms with E-state index in [1.165, 1.54) is 5.56 Å². The topological polar surface area (TPSA) is 25.4 Å². The fourth-order valence-corrected chi connectivity index (χ4v) is 1.99. The molecular weight excluding hydrogens is 174 g/mol. The zero-order chi connectivity index (χ0) is 9.97. The maximum Gasteiger partial charge on any atom is 0.0870 e. The van der Waals surface area contributed by atoms with E-state index in [4.69, 9.17) is 4.74 Å². The lowest BCUT2D eigenvalue weighted by molar-refractivity contribution is 0.322. The van der Waals surface area contributed by atoms with Crippen molar-refractivity contribution < 1.29 is 4.74 Å². The zero-order valence-electron chi connectivity index (χ0n) is 8.81. The Labute approximate surface area is 85.3 Å². The highest BCUT2D eigenvalue weighted by Gasteiger charge is 2.40. The van der Waals surface area contributed by atoms with Crippen LogP contribution in [0, 0.1) is 5.92 Å². The van der Waals surface area contributed by atoms with Crippen LogP contribution >= 0.6 is 0 Å². The molecule has 2 rings (SSSR count). The van der Waals surface area contributed by atoms with Gasteiger partial charge in [-0.05, 0) is 36.5 Å². The molecule has 76 valence electrons. The molecule has 0 bridgehead atoms. The van der Waals surface area contributed by atoms with Gasteiger partial charge in [0.15, 0.2) is 0 Å². The van der Waals surface area contributed by atoms with Crippen molar-refractivity contribution >= 4 is 0 Å². The van der Waals surface area contributed by atoms with Gasteiger partial charge in [0.1, 0.15) is 0 Å². The van der Waals surface area contributed by atoms with Gasteiger partial charge in [-0.3, -0.25) is 4.98 Å². The second kappa shape index (κ2) is 4.09. The van der Waals surface area contributed by atoms with Crippen molar-refractivity contribution in [3.8, 4) is 0 Å². The molecule has 1 aromatic rings. The summed E-state index contributed by atoms with van der Waals surface area (Å²) >= 11 is 0. The smallest absolute Gasteiger partial charge is 0.0870 e. The van der Waals surface area contributed by atoms with E-state index >= 15 is 0 Å². The van der Waals surface area contributed by atoms with Gasteiger partial charge >= 0.3 is 0 Å². The summed E-state index contributed by atoms with van der Waals surface area (Å²) in [7, 11) is 0. The molecule has 1 aliphatic rings. The van der Waals surface area contributed by atoms with Crippen LogP contribution in [0.25, 0.3) is 0 Å². The van der Waals surface area contributed by atoms with Crippen LogP contribution in [0.1, 0.15) is 25.8 Å². The molecule has 1 aliphatic heterocycles. The Morgan fingerprint density at radius 2 is 2.14 bits per heavy atom. The second-order valence-corrected chi connectivity index (χ2v) is 4.08. The van der Waals surface area contributed by atoms with E-state index in [0.29, 0.717) is 18.1 Å². The van der Waals surface area contributed by atoms with E-state index in [0.717, 1.165) is 12.8 Å². The van der Waals surface area contributed by atoms with Crippen LogP contribution in [0.3, 0.4) is 0 Å². The van der Waals surface area contributed by atoms with Crippen LogP contribution in [-0.2, 0) is 11.2 Å². The Morgan fingerprint density at radius 1 is 1.43 bits per heavy atom. The lowest BCUT2D eigenvalue weighted by Gasteiger charge is -2.07. The van der Waals surface area contributed by atoms with E-state index in [9.17, 15) is 0 Å². The molecule has 0 saturated carbocycles. The van der Waals surface area contributed by atoms with Crippen molar-refractivity contribution in [1.29, 1.82) is 0 Å². The highest BCUT2D eigenvalue weighted by atomic mass is 16.6. The molecule has 2 heterocycles. The van der Waals surface area contributed by atoms with Crippen LogP contribution in [0.15, 0.2) is 24.5 Å². The normalized spacial score (nSPS) is 27.3. The highest BCUT2D eigenvalue weighted by molar-refractivity contribution is 5.11. The summed E-state index contributed by atoms with van der Waals surface area (Å²) in [5.41, 5.74) is 1.36. The maximum atomic E-state index is 5.58. The van der Waals surface area contributed by atoms with E-state index in [2.05, 4.69) is 31.0 Å². The minimum atomic E-state index is 0.494. The molecule has 0 radical (unpaired) electrons. The predicted molar refractivity (Wildman–Crippen MR) is 56.1 cm³/mol. The molecule has 1 saturated heterocycles.